The maximum atomic E-state index is 13.2. The smallest absolute Gasteiger partial charge is 0.329 e. The van der Waals surface area contributed by atoms with E-state index in [1.54, 1.807) is 4.90 Å². The quantitative estimate of drug-likeness (QED) is 0.496. The Morgan fingerprint density at radius 1 is 0.882 bits per heavy atom. The summed E-state index contributed by atoms with van der Waals surface area (Å²) in [5.74, 6) is -1.33. The summed E-state index contributed by atoms with van der Waals surface area (Å²) in [6.07, 6.45) is 1.14. The van der Waals surface area contributed by atoms with Crippen molar-refractivity contribution >= 4 is 34.6 Å². The first-order valence-corrected chi connectivity index (χ1v) is 11.4. The minimum absolute atomic E-state index is 0.0890. The Bertz CT molecular complexity index is 1110. The van der Waals surface area contributed by atoms with Gasteiger partial charge in [-0.1, -0.05) is 42.5 Å². The lowest BCUT2D eigenvalue weighted by molar-refractivity contribution is -0.142. The average Bonchev–Trinajstić information content (AvgIpc) is 3.62. The van der Waals surface area contributed by atoms with Crippen molar-refractivity contribution < 1.29 is 29.0 Å². The second kappa shape index (κ2) is 11.1. The molecule has 0 fully saturated rings. The van der Waals surface area contributed by atoms with Crippen LogP contribution in [0.25, 0.3) is 11.1 Å². The van der Waals surface area contributed by atoms with Gasteiger partial charge in [-0.2, -0.15) is 0 Å². The molecule has 0 unspecified atom stereocenters. The van der Waals surface area contributed by atoms with E-state index < -0.39 is 5.97 Å². The van der Waals surface area contributed by atoms with Crippen LogP contribution < -0.4 is 10.2 Å². The van der Waals surface area contributed by atoms with Crippen LogP contribution in [0.5, 0.6) is 0 Å². The van der Waals surface area contributed by atoms with Gasteiger partial charge in [0, 0.05) is 24.9 Å². The minimum atomic E-state index is -1.03. The molecule has 0 aromatic heterocycles. The molecule has 0 atom stereocenters. The van der Waals surface area contributed by atoms with Crippen molar-refractivity contribution in [3.05, 3.63) is 65.2 Å². The predicted molar refractivity (Wildman–Crippen MR) is 127 cm³/mol. The summed E-state index contributed by atoms with van der Waals surface area (Å²) in [6.45, 7) is 1.12. The second-order valence-electron chi connectivity index (χ2n) is 8.20. The number of carbonyl (C=O) groups is 3. The summed E-state index contributed by atoms with van der Waals surface area (Å²) in [4.78, 5) is 37.6. The van der Waals surface area contributed by atoms with E-state index in [0.717, 1.165) is 23.2 Å². The van der Waals surface area contributed by atoms with Crippen LogP contribution in [-0.2, 0) is 30.4 Å². The number of hydrogen-bond donors (Lipinski definition) is 2. The Morgan fingerprint density at radius 3 is 2.41 bits per heavy atom. The molecule has 0 radical (unpaired) electrons. The average molecular weight is 465 g/mol. The topological polar surface area (TPSA) is 105 Å². The zero-order valence-corrected chi connectivity index (χ0v) is 18.9. The number of nitrogens with zero attached hydrogens (tertiary/aromatic N) is 1. The number of ether oxygens (including phenoxy) is 2. The third-order valence-corrected chi connectivity index (χ3v) is 5.82. The van der Waals surface area contributed by atoms with Gasteiger partial charge in [0.25, 0.3) is 0 Å². The summed E-state index contributed by atoms with van der Waals surface area (Å²) in [5, 5.41) is 11.2. The van der Waals surface area contributed by atoms with Crippen molar-refractivity contribution in [1.29, 1.82) is 0 Å². The van der Waals surface area contributed by atoms with Crippen molar-refractivity contribution in [2.24, 2.45) is 0 Å². The zero-order chi connectivity index (χ0) is 23.9. The van der Waals surface area contributed by atoms with Gasteiger partial charge in [-0.05, 0) is 34.8 Å². The standard InChI is InChI=1S/C26H28N2O6/c29-24(27-11-12-33-13-14-34-17-26(31)32)9-10-25(30)28-16-18-5-1-2-6-19(18)21-15-22(21)20-7-3-4-8-23(20)28/h1-8H,9-17H2,(H,27,29)(H,31,32). The molecule has 0 bridgehead atoms. The van der Waals surface area contributed by atoms with E-state index in [9.17, 15) is 14.4 Å². The summed E-state index contributed by atoms with van der Waals surface area (Å²) in [6, 6.07) is 16.2. The first-order valence-electron chi connectivity index (χ1n) is 11.4. The molecule has 1 heterocycles. The van der Waals surface area contributed by atoms with Crippen LogP contribution >= 0.6 is 0 Å². The lowest BCUT2D eigenvalue weighted by Crippen LogP contribution is -2.33. The number of benzene rings is 2. The van der Waals surface area contributed by atoms with Crippen LogP contribution in [0.1, 0.15) is 36.0 Å². The molecule has 0 spiro atoms. The predicted octanol–water partition coefficient (Wildman–Crippen LogP) is 2.86. The third kappa shape index (κ3) is 5.89. The number of carboxylic acids is 1. The van der Waals surface area contributed by atoms with Crippen molar-refractivity contribution in [3.63, 3.8) is 0 Å². The van der Waals surface area contributed by atoms with Crippen molar-refractivity contribution in [2.45, 2.75) is 25.8 Å². The van der Waals surface area contributed by atoms with Gasteiger partial charge in [0.05, 0.1) is 32.1 Å². The van der Waals surface area contributed by atoms with Crippen LogP contribution in [0.3, 0.4) is 0 Å². The normalized spacial score (nSPS) is 13.8. The monoisotopic (exact) mass is 464 g/mol. The number of aliphatic carboxylic acids is 1. The summed E-state index contributed by atoms with van der Waals surface area (Å²) >= 11 is 0. The maximum Gasteiger partial charge on any atom is 0.329 e. The van der Waals surface area contributed by atoms with E-state index in [4.69, 9.17) is 14.6 Å². The highest BCUT2D eigenvalue weighted by Gasteiger charge is 2.33. The number of fused-ring (bicyclic) bond motifs is 4. The molecule has 2 aromatic carbocycles. The fourth-order valence-electron chi connectivity index (χ4n) is 4.13. The zero-order valence-electron chi connectivity index (χ0n) is 18.9. The Balaban J connectivity index is 1.29. The number of rotatable bonds is 11. The van der Waals surface area contributed by atoms with E-state index in [1.165, 1.54) is 16.7 Å². The highest BCUT2D eigenvalue weighted by Crippen LogP contribution is 2.52. The lowest BCUT2D eigenvalue weighted by Gasteiger charge is -2.27. The number of hydrogen-bond acceptors (Lipinski definition) is 5. The number of amides is 2. The number of allylic oxidation sites excluding steroid dienone is 2. The van der Waals surface area contributed by atoms with Crippen LogP contribution in [0.15, 0.2) is 48.5 Å². The Kier molecular flexibility index (Phi) is 7.72. The molecule has 1 aliphatic heterocycles. The van der Waals surface area contributed by atoms with E-state index in [1.807, 2.05) is 30.3 Å². The molecule has 1 aliphatic carbocycles. The van der Waals surface area contributed by atoms with E-state index in [2.05, 4.69) is 23.5 Å². The molecule has 0 saturated heterocycles. The number of nitrogens with one attached hydrogen (secondary N) is 1. The molecule has 34 heavy (non-hydrogen) atoms. The highest BCUT2D eigenvalue weighted by molar-refractivity contribution is 6.13. The first kappa shape index (κ1) is 23.7. The van der Waals surface area contributed by atoms with Gasteiger partial charge < -0.3 is 24.8 Å². The van der Waals surface area contributed by atoms with Gasteiger partial charge in [0.2, 0.25) is 11.8 Å². The Hall–Kier alpha value is -3.49. The van der Waals surface area contributed by atoms with Crippen LogP contribution in [0.4, 0.5) is 5.69 Å². The largest absolute Gasteiger partial charge is 0.480 e. The molecule has 2 aliphatic rings. The molecular weight excluding hydrogens is 436 g/mol. The minimum Gasteiger partial charge on any atom is -0.480 e. The van der Waals surface area contributed by atoms with Gasteiger partial charge in [0.1, 0.15) is 6.61 Å². The van der Waals surface area contributed by atoms with Gasteiger partial charge in [0.15, 0.2) is 0 Å². The maximum absolute atomic E-state index is 13.2. The number of carboxylic acid groups (broad SMARTS) is 1. The SMILES string of the molecule is O=C(O)COCCOCCNC(=O)CCC(=O)N1Cc2ccccc2C2=C(C2)c2ccccc21. The van der Waals surface area contributed by atoms with Crippen molar-refractivity contribution in [2.75, 3.05) is 37.9 Å². The van der Waals surface area contributed by atoms with Crippen molar-refractivity contribution in [3.8, 4) is 0 Å². The molecule has 0 saturated carbocycles. The third-order valence-electron chi connectivity index (χ3n) is 5.82. The summed E-state index contributed by atoms with van der Waals surface area (Å²) < 4.78 is 10.1. The highest BCUT2D eigenvalue weighted by atomic mass is 16.5. The first-order chi connectivity index (χ1) is 16.5. The number of anilines is 1. The molecule has 2 aromatic rings. The van der Waals surface area contributed by atoms with Gasteiger partial charge in [-0.15, -0.1) is 0 Å². The fraction of sp³-hybridized carbons (Fsp3) is 0.346. The summed E-state index contributed by atoms with van der Waals surface area (Å²) in [5.41, 5.74) is 6.94. The Labute approximate surface area is 198 Å². The van der Waals surface area contributed by atoms with Crippen LogP contribution in [0.2, 0.25) is 0 Å². The van der Waals surface area contributed by atoms with E-state index >= 15 is 0 Å². The van der Waals surface area contributed by atoms with E-state index in [0.29, 0.717) is 13.1 Å². The van der Waals surface area contributed by atoms with Gasteiger partial charge in [-0.3, -0.25) is 9.59 Å². The van der Waals surface area contributed by atoms with Gasteiger partial charge >= 0.3 is 5.97 Å². The lowest BCUT2D eigenvalue weighted by atomic mass is 10.0. The molecule has 2 N–H and O–H groups in total. The van der Waals surface area contributed by atoms with E-state index in [-0.39, 0.29) is 51.1 Å². The van der Waals surface area contributed by atoms with Gasteiger partial charge in [-0.25, -0.2) is 4.79 Å². The molecular formula is C26H28N2O6. The van der Waals surface area contributed by atoms with Crippen LogP contribution in [0, 0.1) is 0 Å². The summed E-state index contributed by atoms with van der Waals surface area (Å²) in [7, 11) is 0. The van der Waals surface area contributed by atoms with Crippen molar-refractivity contribution in [1.82, 2.24) is 5.32 Å². The number of carbonyl (C=O) groups excluding carboxylic acids is 2. The molecule has 178 valence electrons. The number of para-hydroxylation sites is 1. The molecule has 2 amide bonds. The Morgan fingerprint density at radius 2 is 1.59 bits per heavy atom. The fourth-order valence-corrected chi connectivity index (χ4v) is 4.13. The molecule has 8 nitrogen and oxygen atoms in total. The van der Waals surface area contributed by atoms with Crippen LogP contribution in [-0.4, -0.2) is 55.9 Å². The second-order valence-corrected chi connectivity index (χ2v) is 8.20. The molecule has 8 heteroatoms. The molecule has 4 rings (SSSR count).